The number of unbranched alkanes of at least 4 members (excludes halogenated alkanes) is 23. The van der Waals surface area contributed by atoms with Crippen LogP contribution in [0.5, 0.6) is 0 Å². The average Bonchev–Trinajstić information content (AvgIpc) is 3.29. The Morgan fingerprint density at radius 3 is 1.03 bits per heavy atom. The summed E-state index contributed by atoms with van der Waals surface area (Å²) in [5.74, 6) is 0. The van der Waals surface area contributed by atoms with Gasteiger partial charge in [-0.2, -0.15) is 0 Å². The lowest BCUT2D eigenvalue weighted by Gasteiger charge is -2.33. The molecule has 0 aromatic heterocycles. The molecule has 0 saturated heterocycles. The first kappa shape index (κ1) is 34.4. The molecule has 1 aliphatic rings. The van der Waals surface area contributed by atoms with Crippen molar-refractivity contribution in [2.45, 2.75) is 200 Å². The summed E-state index contributed by atoms with van der Waals surface area (Å²) < 4.78 is 0. The summed E-state index contributed by atoms with van der Waals surface area (Å²) in [5, 5.41) is 0. The maximum atomic E-state index is 2.68. The van der Waals surface area contributed by atoms with Crippen LogP contribution in [0.15, 0.2) is 12.4 Å². The molecule has 2 heteroatoms. The highest BCUT2D eigenvalue weighted by molar-refractivity contribution is 4.96. The Balaban J connectivity index is 2.02. The normalized spacial score (nSPS) is 15.4. The van der Waals surface area contributed by atoms with Gasteiger partial charge < -0.3 is 9.80 Å². The summed E-state index contributed by atoms with van der Waals surface area (Å²) in [5.41, 5.74) is 0. The molecule has 2 nitrogen and oxygen atoms in total. The van der Waals surface area contributed by atoms with Crippen molar-refractivity contribution >= 4 is 0 Å². The van der Waals surface area contributed by atoms with Crippen LogP contribution < -0.4 is 0 Å². The Morgan fingerprint density at radius 2 is 0.649 bits per heavy atom. The second-order valence-corrected chi connectivity index (χ2v) is 12.2. The van der Waals surface area contributed by atoms with E-state index in [2.05, 4.69) is 43.0 Å². The van der Waals surface area contributed by atoms with Crippen molar-refractivity contribution in [1.29, 1.82) is 0 Å². The molecule has 1 aliphatic heterocycles. The smallest absolute Gasteiger partial charge is 0.101 e. The van der Waals surface area contributed by atoms with E-state index in [4.69, 9.17) is 0 Å². The fourth-order valence-electron chi connectivity index (χ4n) is 5.98. The molecule has 0 fully saturated rings. The van der Waals surface area contributed by atoms with Crippen molar-refractivity contribution in [1.82, 2.24) is 9.80 Å². The van der Waals surface area contributed by atoms with E-state index in [1.165, 1.54) is 186 Å². The SMILES string of the molecule is CCCCCCCCCCCCCCCCCCN1C=CN(CCCC)C1CCCCCCCCCC. The van der Waals surface area contributed by atoms with Crippen molar-refractivity contribution in [2.75, 3.05) is 13.1 Å². The number of nitrogens with zero attached hydrogens (tertiary/aromatic N) is 2. The molecule has 0 aliphatic carbocycles. The van der Waals surface area contributed by atoms with Gasteiger partial charge in [0.05, 0.1) is 0 Å². The van der Waals surface area contributed by atoms with Gasteiger partial charge in [0.1, 0.15) is 6.17 Å². The van der Waals surface area contributed by atoms with E-state index < -0.39 is 0 Å². The van der Waals surface area contributed by atoms with Crippen LogP contribution in [0.1, 0.15) is 194 Å². The molecule has 0 radical (unpaired) electrons. The first-order chi connectivity index (χ1) is 18.3. The second-order valence-electron chi connectivity index (χ2n) is 12.2. The topological polar surface area (TPSA) is 6.48 Å². The molecule has 1 rings (SSSR count). The lowest BCUT2D eigenvalue weighted by molar-refractivity contribution is 0.136. The minimum Gasteiger partial charge on any atom is -0.356 e. The Hall–Kier alpha value is -0.660. The van der Waals surface area contributed by atoms with E-state index in [0.29, 0.717) is 6.17 Å². The van der Waals surface area contributed by atoms with Gasteiger partial charge in [-0.15, -0.1) is 0 Å². The van der Waals surface area contributed by atoms with Gasteiger partial charge in [-0.1, -0.05) is 168 Å². The molecule has 0 N–H and O–H groups in total. The average molecular weight is 519 g/mol. The minimum absolute atomic E-state index is 0.642. The number of hydrogen-bond donors (Lipinski definition) is 0. The molecule has 0 spiro atoms. The standard InChI is InChI=1S/C35H70N2/c1-4-7-10-12-14-16-17-18-19-20-21-22-23-25-27-29-32-37-34-33-36(31-9-6-3)35(37)30-28-26-24-15-13-11-8-5-2/h33-35H,4-32H2,1-3H3. The van der Waals surface area contributed by atoms with Gasteiger partial charge >= 0.3 is 0 Å². The van der Waals surface area contributed by atoms with Crippen molar-refractivity contribution in [3.8, 4) is 0 Å². The van der Waals surface area contributed by atoms with Gasteiger partial charge in [0.25, 0.3) is 0 Å². The van der Waals surface area contributed by atoms with Crippen LogP contribution in [-0.4, -0.2) is 29.1 Å². The molecule has 0 saturated carbocycles. The van der Waals surface area contributed by atoms with E-state index in [-0.39, 0.29) is 0 Å². The van der Waals surface area contributed by atoms with Gasteiger partial charge in [0, 0.05) is 25.5 Å². The van der Waals surface area contributed by atoms with Crippen molar-refractivity contribution in [2.24, 2.45) is 0 Å². The molecule has 37 heavy (non-hydrogen) atoms. The van der Waals surface area contributed by atoms with Crippen molar-refractivity contribution in [3.05, 3.63) is 12.4 Å². The zero-order valence-corrected chi connectivity index (χ0v) is 26.1. The third kappa shape index (κ3) is 20.0. The lowest BCUT2D eigenvalue weighted by atomic mass is 10.0. The summed E-state index contributed by atoms with van der Waals surface area (Å²) in [6.45, 7) is 9.44. The Labute approximate surface area is 235 Å². The van der Waals surface area contributed by atoms with Crippen LogP contribution in [0.4, 0.5) is 0 Å². The molecule has 0 bridgehead atoms. The van der Waals surface area contributed by atoms with Crippen LogP contribution in [0.25, 0.3) is 0 Å². The quantitative estimate of drug-likeness (QED) is 0.0908. The summed E-state index contributed by atoms with van der Waals surface area (Å²) in [6, 6.07) is 0. The van der Waals surface area contributed by atoms with Crippen LogP contribution in [0.2, 0.25) is 0 Å². The monoisotopic (exact) mass is 519 g/mol. The zero-order valence-electron chi connectivity index (χ0n) is 26.1. The highest BCUT2D eigenvalue weighted by Crippen LogP contribution is 2.23. The first-order valence-electron chi connectivity index (χ1n) is 17.5. The molecule has 1 heterocycles. The maximum Gasteiger partial charge on any atom is 0.101 e. The lowest BCUT2D eigenvalue weighted by Crippen LogP contribution is -2.39. The highest BCUT2D eigenvalue weighted by Gasteiger charge is 2.24. The van der Waals surface area contributed by atoms with Gasteiger partial charge in [-0.3, -0.25) is 0 Å². The van der Waals surface area contributed by atoms with Gasteiger partial charge in [-0.05, 0) is 25.7 Å². The fourth-order valence-corrected chi connectivity index (χ4v) is 5.98. The van der Waals surface area contributed by atoms with E-state index in [9.17, 15) is 0 Å². The Bertz CT molecular complexity index is 474. The van der Waals surface area contributed by atoms with Gasteiger partial charge in [-0.25, -0.2) is 0 Å². The van der Waals surface area contributed by atoms with E-state index in [1.807, 2.05) is 0 Å². The largest absolute Gasteiger partial charge is 0.356 e. The van der Waals surface area contributed by atoms with E-state index >= 15 is 0 Å². The summed E-state index contributed by atoms with van der Waals surface area (Å²) in [4.78, 5) is 5.33. The van der Waals surface area contributed by atoms with Crippen molar-refractivity contribution < 1.29 is 0 Å². The maximum absolute atomic E-state index is 2.68. The predicted molar refractivity (Wildman–Crippen MR) is 168 cm³/mol. The molecular formula is C35H70N2. The molecule has 0 aromatic rings. The Morgan fingerprint density at radius 1 is 0.351 bits per heavy atom. The number of hydrogen-bond acceptors (Lipinski definition) is 2. The van der Waals surface area contributed by atoms with Gasteiger partial charge in [0.2, 0.25) is 0 Å². The van der Waals surface area contributed by atoms with Gasteiger partial charge in [0.15, 0.2) is 0 Å². The van der Waals surface area contributed by atoms with Crippen molar-refractivity contribution in [3.63, 3.8) is 0 Å². The van der Waals surface area contributed by atoms with Crippen LogP contribution in [-0.2, 0) is 0 Å². The summed E-state index contributed by atoms with van der Waals surface area (Å²) >= 11 is 0. The number of rotatable bonds is 29. The molecule has 1 atom stereocenters. The summed E-state index contributed by atoms with van der Waals surface area (Å²) in [6.07, 6.45) is 44.1. The third-order valence-electron chi connectivity index (χ3n) is 8.57. The van der Waals surface area contributed by atoms with E-state index in [1.54, 1.807) is 0 Å². The second kappa shape index (κ2) is 26.9. The molecule has 0 amide bonds. The van der Waals surface area contributed by atoms with Crippen LogP contribution in [0.3, 0.4) is 0 Å². The third-order valence-corrected chi connectivity index (χ3v) is 8.57. The first-order valence-corrected chi connectivity index (χ1v) is 17.5. The predicted octanol–water partition coefficient (Wildman–Crippen LogP) is 12.0. The summed E-state index contributed by atoms with van der Waals surface area (Å²) in [7, 11) is 0. The molecular weight excluding hydrogens is 448 g/mol. The van der Waals surface area contributed by atoms with Crippen LogP contribution in [0, 0.1) is 0 Å². The fraction of sp³-hybridized carbons (Fsp3) is 0.943. The van der Waals surface area contributed by atoms with Crippen LogP contribution >= 0.6 is 0 Å². The molecule has 0 aromatic carbocycles. The highest BCUT2D eigenvalue weighted by atomic mass is 15.4. The zero-order chi connectivity index (χ0) is 26.7. The molecule has 1 unspecified atom stereocenters. The molecule has 220 valence electrons. The van der Waals surface area contributed by atoms with E-state index in [0.717, 1.165) is 0 Å². The Kier molecular flexibility index (Phi) is 25.0. The minimum atomic E-state index is 0.642.